The SMILES string of the molecule is COc1ccc(Cl)cc1CC(N)c1ccoc1C. The van der Waals surface area contributed by atoms with E-state index in [-0.39, 0.29) is 6.04 Å². The van der Waals surface area contributed by atoms with E-state index in [0.717, 1.165) is 22.6 Å². The molecule has 1 aromatic heterocycles. The molecule has 0 saturated carbocycles. The predicted molar refractivity (Wildman–Crippen MR) is 72.1 cm³/mol. The lowest BCUT2D eigenvalue weighted by atomic mass is 9.99. The summed E-state index contributed by atoms with van der Waals surface area (Å²) in [5.41, 5.74) is 8.20. The number of hydrogen-bond donors (Lipinski definition) is 1. The number of nitrogens with two attached hydrogens (primary N) is 1. The minimum absolute atomic E-state index is 0.129. The first-order valence-corrected chi connectivity index (χ1v) is 6.11. The van der Waals surface area contributed by atoms with Gasteiger partial charge in [0.15, 0.2) is 0 Å². The van der Waals surface area contributed by atoms with Crippen LogP contribution in [0.4, 0.5) is 0 Å². The zero-order chi connectivity index (χ0) is 13.1. The van der Waals surface area contributed by atoms with Crippen LogP contribution in [0, 0.1) is 6.92 Å². The van der Waals surface area contributed by atoms with E-state index in [1.54, 1.807) is 19.4 Å². The molecule has 1 heterocycles. The van der Waals surface area contributed by atoms with Gasteiger partial charge >= 0.3 is 0 Å². The van der Waals surface area contributed by atoms with Crippen molar-refractivity contribution < 1.29 is 9.15 Å². The van der Waals surface area contributed by atoms with Crippen LogP contribution in [0.2, 0.25) is 5.02 Å². The summed E-state index contributed by atoms with van der Waals surface area (Å²) in [7, 11) is 1.64. The van der Waals surface area contributed by atoms with Crippen molar-refractivity contribution in [3.63, 3.8) is 0 Å². The number of methoxy groups -OCH3 is 1. The number of ether oxygens (including phenoxy) is 1. The highest BCUT2D eigenvalue weighted by Crippen LogP contribution is 2.28. The Kier molecular flexibility index (Phi) is 3.94. The van der Waals surface area contributed by atoms with Crippen LogP contribution in [-0.2, 0) is 6.42 Å². The third-order valence-corrected chi connectivity index (χ3v) is 3.22. The van der Waals surface area contributed by atoms with Gasteiger partial charge in [-0.15, -0.1) is 0 Å². The number of halogens is 1. The van der Waals surface area contributed by atoms with Gasteiger partial charge in [-0.3, -0.25) is 0 Å². The summed E-state index contributed by atoms with van der Waals surface area (Å²) in [4.78, 5) is 0. The zero-order valence-corrected chi connectivity index (χ0v) is 11.2. The average molecular weight is 266 g/mol. The summed E-state index contributed by atoms with van der Waals surface area (Å²) < 4.78 is 10.6. The van der Waals surface area contributed by atoms with Crippen LogP contribution in [0.5, 0.6) is 5.75 Å². The summed E-state index contributed by atoms with van der Waals surface area (Å²) in [6.45, 7) is 1.91. The van der Waals surface area contributed by atoms with Gasteiger partial charge in [-0.05, 0) is 43.2 Å². The average Bonchev–Trinajstić information content (AvgIpc) is 2.76. The maximum atomic E-state index is 6.19. The van der Waals surface area contributed by atoms with Crippen molar-refractivity contribution in [2.45, 2.75) is 19.4 Å². The molecule has 4 heteroatoms. The van der Waals surface area contributed by atoms with E-state index < -0.39 is 0 Å². The molecule has 18 heavy (non-hydrogen) atoms. The van der Waals surface area contributed by atoms with Crippen LogP contribution in [0.1, 0.15) is 22.9 Å². The summed E-state index contributed by atoms with van der Waals surface area (Å²) in [6.07, 6.45) is 2.31. The zero-order valence-electron chi connectivity index (χ0n) is 10.4. The van der Waals surface area contributed by atoms with E-state index in [1.807, 2.05) is 25.1 Å². The molecule has 0 aliphatic heterocycles. The molecule has 0 radical (unpaired) electrons. The van der Waals surface area contributed by atoms with Crippen LogP contribution < -0.4 is 10.5 Å². The van der Waals surface area contributed by atoms with Crippen molar-refractivity contribution in [2.24, 2.45) is 5.73 Å². The van der Waals surface area contributed by atoms with Gasteiger partial charge in [0.25, 0.3) is 0 Å². The van der Waals surface area contributed by atoms with E-state index in [4.69, 9.17) is 26.5 Å². The number of furan rings is 1. The molecule has 0 bridgehead atoms. The molecule has 1 aromatic carbocycles. The second-order valence-electron chi connectivity index (χ2n) is 4.20. The van der Waals surface area contributed by atoms with Crippen molar-refractivity contribution >= 4 is 11.6 Å². The quantitative estimate of drug-likeness (QED) is 0.921. The third kappa shape index (κ3) is 2.68. The normalized spacial score (nSPS) is 12.4. The van der Waals surface area contributed by atoms with Gasteiger partial charge in [0.2, 0.25) is 0 Å². The monoisotopic (exact) mass is 265 g/mol. The fraction of sp³-hybridized carbons (Fsp3) is 0.286. The number of hydrogen-bond acceptors (Lipinski definition) is 3. The Bertz CT molecular complexity index is 536. The Balaban J connectivity index is 2.23. The summed E-state index contributed by atoms with van der Waals surface area (Å²) in [5.74, 6) is 1.65. The Morgan fingerprint density at radius 1 is 1.39 bits per heavy atom. The van der Waals surface area contributed by atoms with Crippen molar-refractivity contribution in [1.82, 2.24) is 0 Å². The van der Waals surface area contributed by atoms with E-state index in [2.05, 4.69) is 0 Å². The molecule has 0 saturated heterocycles. The van der Waals surface area contributed by atoms with E-state index in [1.165, 1.54) is 0 Å². The van der Waals surface area contributed by atoms with Crippen LogP contribution in [-0.4, -0.2) is 7.11 Å². The predicted octanol–water partition coefficient (Wildman–Crippen LogP) is 3.49. The minimum Gasteiger partial charge on any atom is -0.496 e. The topological polar surface area (TPSA) is 48.4 Å². The second-order valence-corrected chi connectivity index (χ2v) is 4.64. The number of aryl methyl sites for hydroxylation is 1. The molecule has 0 aliphatic rings. The highest BCUT2D eigenvalue weighted by molar-refractivity contribution is 6.30. The molecule has 2 N–H and O–H groups in total. The number of rotatable bonds is 4. The molecule has 3 nitrogen and oxygen atoms in total. The van der Waals surface area contributed by atoms with Crippen molar-refractivity contribution in [3.8, 4) is 5.75 Å². The van der Waals surface area contributed by atoms with Gasteiger partial charge in [-0.1, -0.05) is 11.6 Å². The fourth-order valence-electron chi connectivity index (χ4n) is 2.03. The summed E-state index contributed by atoms with van der Waals surface area (Å²) in [6, 6.07) is 7.31. The van der Waals surface area contributed by atoms with E-state index >= 15 is 0 Å². The molecule has 0 amide bonds. The molecule has 96 valence electrons. The third-order valence-electron chi connectivity index (χ3n) is 2.98. The van der Waals surface area contributed by atoms with Gasteiger partial charge in [0.05, 0.1) is 13.4 Å². The van der Waals surface area contributed by atoms with Gasteiger partial charge in [0, 0.05) is 16.6 Å². The standard InChI is InChI=1S/C14H16ClNO2/c1-9-12(5-6-18-9)13(16)8-10-7-11(15)3-4-14(10)17-2/h3-7,13H,8,16H2,1-2H3. The first-order valence-electron chi connectivity index (χ1n) is 5.74. The largest absolute Gasteiger partial charge is 0.496 e. The summed E-state index contributed by atoms with van der Waals surface area (Å²) in [5, 5.41) is 0.682. The lowest BCUT2D eigenvalue weighted by molar-refractivity contribution is 0.408. The second kappa shape index (κ2) is 5.46. The highest BCUT2D eigenvalue weighted by atomic mass is 35.5. The molecule has 2 rings (SSSR count). The molecule has 1 atom stereocenters. The molecular weight excluding hydrogens is 250 g/mol. The van der Waals surface area contributed by atoms with Gasteiger partial charge in [-0.2, -0.15) is 0 Å². The van der Waals surface area contributed by atoms with Crippen LogP contribution in [0.25, 0.3) is 0 Å². The van der Waals surface area contributed by atoms with Gasteiger partial charge in [0.1, 0.15) is 11.5 Å². The van der Waals surface area contributed by atoms with Crippen LogP contribution in [0.3, 0.4) is 0 Å². The number of benzene rings is 1. The maximum Gasteiger partial charge on any atom is 0.122 e. The van der Waals surface area contributed by atoms with Crippen molar-refractivity contribution in [2.75, 3.05) is 7.11 Å². The first kappa shape index (κ1) is 13.0. The van der Waals surface area contributed by atoms with Crippen LogP contribution in [0.15, 0.2) is 34.9 Å². The van der Waals surface area contributed by atoms with E-state index in [9.17, 15) is 0 Å². The maximum absolute atomic E-state index is 6.19. The lowest BCUT2D eigenvalue weighted by Crippen LogP contribution is -2.14. The Morgan fingerprint density at radius 3 is 2.78 bits per heavy atom. The highest BCUT2D eigenvalue weighted by Gasteiger charge is 2.14. The van der Waals surface area contributed by atoms with E-state index in [0.29, 0.717) is 11.4 Å². The molecular formula is C14H16ClNO2. The summed E-state index contributed by atoms with van der Waals surface area (Å²) >= 11 is 6.00. The van der Waals surface area contributed by atoms with Gasteiger partial charge in [-0.25, -0.2) is 0 Å². The van der Waals surface area contributed by atoms with Crippen LogP contribution >= 0.6 is 11.6 Å². The minimum atomic E-state index is -0.129. The Labute approximate surface area is 111 Å². The lowest BCUT2D eigenvalue weighted by Gasteiger charge is -2.14. The first-order chi connectivity index (χ1) is 8.61. The molecule has 0 spiro atoms. The van der Waals surface area contributed by atoms with Crippen molar-refractivity contribution in [1.29, 1.82) is 0 Å². The molecule has 1 unspecified atom stereocenters. The fourth-order valence-corrected chi connectivity index (χ4v) is 2.23. The molecule has 0 fully saturated rings. The smallest absolute Gasteiger partial charge is 0.122 e. The molecule has 0 aliphatic carbocycles. The Hall–Kier alpha value is -1.45. The van der Waals surface area contributed by atoms with Gasteiger partial charge < -0.3 is 14.9 Å². The molecule has 2 aromatic rings. The Morgan fingerprint density at radius 2 is 2.17 bits per heavy atom. The van der Waals surface area contributed by atoms with Crippen molar-refractivity contribution in [3.05, 3.63) is 52.4 Å².